The van der Waals surface area contributed by atoms with Gasteiger partial charge in [0.1, 0.15) is 11.6 Å². The summed E-state index contributed by atoms with van der Waals surface area (Å²) in [5.41, 5.74) is 0.819. The van der Waals surface area contributed by atoms with E-state index in [2.05, 4.69) is 10.5 Å². The lowest BCUT2D eigenvalue weighted by molar-refractivity contribution is -0.116. The van der Waals surface area contributed by atoms with Crippen molar-refractivity contribution in [2.24, 2.45) is 0 Å². The lowest BCUT2D eigenvalue weighted by atomic mass is 10.0. The van der Waals surface area contributed by atoms with Gasteiger partial charge in [-0.05, 0) is 31.0 Å². The molecule has 0 bridgehead atoms. The average Bonchev–Trinajstić information content (AvgIpc) is 3.11. The van der Waals surface area contributed by atoms with Gasteiger partial charge in [-0.3, -0.25) is 9.69 Å². The number of aryl methyl sites for hydroxylation is 1. The molecule has 2 N–H and O–H groups in total. The van der Waals surface area contributed by atoms with E-state index in [-0.39, 0.29) is 24.2 Å². The smallest absolute Gasteiger partial charge is 0.226 e. The molecule has 0 aliphatic carbocycles. The highest BCUT2D eigenvalue weighted by Crippen LogP contribution is 2.32. The molecule has 6 nitrogen and oxygen atoms in total. The predicted octanol–water partition coefficient (Wildman–Crippen LogP) is 2.26. The number of β-amino-alcohol motifs (C(OH)–C–C–N with tert-alkyl or cyclic N) is 1. The van der Waals surface area contributed by atoms with Crippen molar-refractivity contribution in [1.82, 2.24) is 10.1 Å². The van der Waals surface area contributed by atoms with E-state index in [1.807, 2.05) is 11.0 Å². The zero-order valence-electron chi connectivity index (χ0n) is 13.4. The molecule has 24 heavy (non-hydrogen) atoms. The molecule has 1 aliphatic rings. The van der Waals surface area contributed by atoms with Crippen LogP contribution in [0.15, 0.2) is 34.9 Å². The number of hydrogen-bond acceptors (Lipinski definition) is 5. The fourth-order valence-corrected chi connectivity index (χ4v) is 3.06. The Morgan fingerprint density at radius 2 is 2.33 bits per heavy atom. The number of hydrogen-bond donors (Lipinski definition) is 2. The Morgan fingerprint density at radius 3 is 3.04 bits per heavy atom. The van der Waals surface area contributed by atoms with E-state index in [9.17, 15) is 14.3 Å². The molecular formula is C17H20FN3O3. The molecule has 1 saturated heterocycles. The summed E-state index contributed by atoms with van der Waals surface area (Å²) in [5.74, 6) is 0.537. The van der Waals surface area contributed by atoms with Crippen molar-refractivity contribution >= 4 is 11.7 Å². The van der Waals surface area contributed by atoms with Gasteiger partial charge in [0.25, 0.3) is 0 Å². The number of nitrogens with one attached hydrogen (secondary N) is 1. The standard InChI is InChI=1S/C17H20FN3O3/c1-11-7-16(20-24-11)19-17(23)5-6-21-10-14(22)9-15(21)12-3-2-4-13(18)8-12/h2-4,7-8,14-15,22H,5-6,9-10H2,1H3,(H,19,20,23)/t14-,15-/m1/s1. The van der Waals surface area contributed by atoms with Crippen LogP contribution >= 0.6 is 0 Å². The van der Waals surface area contributed by atoms with Crippen LogP contribution < -0.4 is 5.32 Å². The number of carbonyl (C=O) groups excluding carboxylic acids is 1. The van der Waals surface area contributed by atoms with Crippen LogP contribution in [0.1, 0.15) is 30.2 Å². The number of likely N-dealkylation sites (tertiary alicyclic amines) is 1. The van der Waals surface area contributed by atoms with Crippen LogP contribution in [-0.2, 0) is 4.79 Å². The second kappa shape index (κ2) is 7.11. The fourth-order valence-electron chi connectivity index (χ4n) is 3.06. The van der Waals surface area contributed by atoms with Gasteiger partial charge in [0.2, 0.25) is 5.91 Å². The van der Waals surface area contributed by atoms with E-state index in [4.69, 9.17) is 4.52 Å². The Morgan fingerprint density at radius 1 is 1.50 bits per heavy atom. The second-order valence-electron chi connectivity index (χ2n) is 6.08. The minimum absolute atomic E-state index is 0.0854. The van der Waals surface area contributed by atoms with Gasteiger partial charge in [-0.25, -0.2) is 4.39 Å². The summed E-state index contributed by atoms with van der Waals surface area (Å²) in [6.07, 6.45) is 0.317. The summed E-state index contributed by atoms with van der Waals surface area (Å²) in [6.45, 7) is 2.69. The highest BCUT2D eigenvalue weighted by Gasteiger charge is 2.32. The first kappa shape index (κ1) is 16.6. The first-order valence-corrected chi connectivity index (χ1v) is 7.92. The topological polar surface area (TPSA) is 78.6 Å². The quantitative estimate of drug-likeness (QED) is 0.877. The lowest BCUT2D eigenvalue weighted by Crippen LogP contribution is -2.29. The molecule has 0 saturated carbocycles. The Labute approximate surface area is 139 Å². The Bertz CT molecular complexity index is 719. The number of amides is 1. The molecule has 3 rings (SSSR count). The van der Waals surface area contributed by atoms with Gasteiger partial charge in [0, 0.05) is 31.6 Å². The predicted molar refractivity (Wildman–Crippen MR) is 85.8 cm³/mol. The third-order valence-electron chi connectivity index (χ3n) is 4.14. The maximum atomic E-state index is 13.4. The first-order chi connectivity index (χ1) is 11.5. The van der Waals surface area contributed by atoms with Gasteiger partial charge in [0.05, 0.1) is 6.10 Å². The van der Waals surface area contributed by atoms with E-state index < -0.39 is 6.10 Å². The number of aliphatic hydroxyl groups excluding tert-OH is 1. The van der Waals surface area contributed by atoms with Crippen molar-refractivity contribution in [1.29, 1.82) is 0 Å². The molecule has 1 aromatic carbocycles. The third kappa shape index (κ3) is 3.98. The molecule has 2 aromatic rings. The number of anilines is 1. The minimum Gasteiger partial charge on any atom is -0.392 e. The summed E-state index contributed by atoms with van der Waals surface area (Å²) < 4.78 is 18.3. The summed E-state index contributed by atoms with van der Waals surface area (Å²) in [4.78, 5) is 14.0. The third-order valence-corrected chi connectivity index (χ3v) is 4.14. The van der Waals surface area contributed by atoms with Crippen molar-refractivity contribution in [2.45, 2.75) is 31.9 Å². The van der Waals surface area contributed by atoms with Crippen molar-refractivity contribution in [3.8, 4) is 0 Å². The molecule has 0 spiro atoms. The molecule has 128 valence electrons. The van der Waals surface area contributed by atoms with Gasteiger partial charge in [-0.15, -0.1) is 0 Å². The van der Waals surface area contributed by atoms with Crippen LogP contribution in [0, 0.1) is 12.7 Å². The van der Waals surface area contributed by atoms with Crippen molar-refractivity contribution < 1.29 is 18.8 Å². The lowest BCUT2D eigenvalue weighted by Gasteiger charge is -2.24. The van der Waals surface area contributed by atoms with E-state index in [0.29, 0.717) is 31.1 Å². The SMILES string of the molecule is Cc1cc(NC(=O)CCN2C[C@H](O)C[C@@H]2c2cccc(F)c2)no1. The number of aromatic nitrogens is 1. The molecule has 0 unspecified atom stereocenters. The Kier molecular flexibility index (Phi) is 4.92. The number of carbonyl (C=O) groups is 1. The maximum Gasteiger partial charge on any atom is 0.226 e. The molecule has 1 fully saturated rings. The van der Waals surface area contributed by atoms with Crippen molar-refractivity contribution in [3.05, 3.63) is 47.5 Å². The normalized spacial score (nSPS) is 21.1. The molecule has 2 atom stereocenters. The first-order valence-electron chi connectivity index (χ1n) is 7.92. The van der Waals surface area contributed by atoms with Crippen LogP contribution in [0.25, 0.3) is 0 Å². The van der Waals surface area contributed by atoms with Crippen LogP contribution in [0.2, 0.25) is 0 Å². The van der Waals surface area contributed by atoms with Crippen molar-refractivity contribution in [3.63, 3.8) is 0 Å². The Balaban J connectivity index is 1.59. The summed E-state index contributed by atoms with van der Waals surface area (Å²) in [5, 5.41) is 16.3. The zero-order valence-corrected chi connectivity index (χ0v) is 13.4. The monoisotopic (exact) mass is 333 g/mol. The van der Waals surface area contributed by atoms with Crippen LogP contribution in [0.5, 0.6) is 0 Å². The van der Waals surface area contributed by atoms with Gasteiger partial charge in [-0.1, -0.05) is 17.3 Å². The number of nitrogens with zero attached hydrogens (tertiary/aromatic N) is 2. The number of aliphatic hydroxyl groups is 1. The van der Waals surface area contributed by atoms with Gasteiger partial charge in [-0.2, -0.15) is 0 Å². The fraction of sp³-hybridized carbons (Fsp3) is 0.412. The molecule has 1 amide bonds. The largest absolute Gasteiger partial charge is 0.392 e. The average molecular weight is 333 g/mol. The number of rotatable bonds is 5. The van der Waals surface area contributed by atoms with Crippen LogP contribution in [0.4, 0.5) is 10.2 Å². The van der Waals surface area contributed by atoms with Gasteiger partial charge >= 0.3 is 0 Å². The molecular weight excluding hydrogens is 313 g/mol. The van der Waals surface area contributed by atoms with E-state index in [0.717, 1.165) is 5.56 Å². The van der Waals surface area contributed by atoms with Gasteiger partial charge in [0.15, 0.2) is 5.82 Å². The number of benzene rings is 1. The summed E-state index contributed by atoms with van der Waals surface area (Å²) >= 11 is 0. The van der Waals surface area contributed by atoms with E-state index >= 15 is 0 Å². The highest BCUT2D eigenvalue weighted by atomic mass is 19.1. The zero-order chi connectivity index (χ0) is 17.1. The summed E-state index contributed by atoms with van der Waals surface area (Å²) in [6, 6.07) is 7.94. The highest BCUT2D eigenvalue weighted by molar-refractivity contribution is 5.89. The van der Waals surface area contributed by atoms with Crippen LogP contribution in [0.3, 0.4) is 0 Å². The Hall–Kier alpha value is -2.25. The van der Waals surface area contributed by atoms with Crippen molar-refractivity contribution in [2.75, 3.05) is 18.4 Å². The molecule has 1 aliphatic heterocycles. The molecule has 2 heterocycles. The van der Waals surface area contributed by atoms with Crippen LogP contribution in [-0.4, -0.2) is 40.3 Å². The second-order valence-corrected chi connectivity index (χ2v) is 6.08. The van der Waals surface area contributed by atoms with Gasteiger partial charge < -0.3 is 14.9 Å². The molecule has 7 heteroatoms. The number of halogens is 1. The maximum absolute atomic E-state index is 13.4. The molecule has 0 radical (unpaired) electrons. The van der Waals surface area contributed by atoms with E-state index in [1.54, 1.807) is 19.1 Å². The van der Waals surface area contributed by atoms with E-state index in [1.165, 1.54) is 12.1 Å². The molecule has 1 aromatic heterocycles. The minimum atomic E-state index is -0.473. The summed E-state index contributed by atoms with van der Waals surface area (Å²) in [7, 11) is 0.